The summed E-state index contributed by atoms with van der Waals surface area (Å²) in [6, 6.07) is 14.9. The van der Waals surface area contributed by atoms with Crippen LogP contribution in [0.3, 0.4) is 0 Å². The van der Waals surface area contributed by atoms with E-state index in [1.807, 2.05) is 12.1 Å². The highest BCUT2D eigenvalue weighted by molar-refractivity contribution is 5.73. The molecule has 0 radical (unpaired) electrons. The average molecular weight is 284 g/mol. The normalized spacial score (nSPS) is 9.90. The van der Waals surface area contributed by atoms with Gasteiger partial charge >= 0.3 is 5.97 Å². The fourth-order valence-electron chi connectivity index (χ4n) is 2.01. The second-order valence-corrected chi connectivity index (χ2v) is 4.50. The lowest BCUT2D eigenvalue weighted by atomic mass is 10.1. The number of nitrogens with zero attached hydrogens (tertiary/aromatic N) is 2. The minimum absolute atomic E-state index is 0.0810. The first-order valence-corrected chi connectivity index (χ1v) is 6.30. The minimum atomic E-state index is -1.00. The number of hydrogen-bond donors (Lipinski definition) is 1. The summed E-state index contributed by atoms with van der Waals surface area (Å²) in [6.45, 7) is -0.169. The summed E-state index contributed by atoms with van der Waals surface area (Å²) in [6.07, 6.45) is 0. The number of halogens is 1. The van der Waals surface area contributed by atoms with E-state index in [1.165, 1.54) is 18.2 Å². The quantitative estimate of drug-likeness (QED) is 0.917. The lowest BCUT2D eigenvalue weighted by Crippen LogP contribution is -2.29. The molecule has 0 saturated heterocycles. The maximum atomic E-state index is 13.8. The third-order valence-electron chi connectivity index (χ3n) is 2.98. The number of nitriles is 1. The first kappa shape index (κ1) is 14.5. The molecule has 1 N–H and O–H groups in total. The van der Waals surface area contributed by atoms with Crippen LogP contribution in [0.5, 0.6) is 0 Å². The molecule has 2 rings (SSSR count). The maximum absolute atomic E-state index is 13.8. The molecule has 0 aliphatic heterocycles. The summed E-state index contributed by atoms with van der Waals surface area (Å²) in [5.41, 5.74) is 1.32. The smallest absolute Gasteiger partial charge is 0.323 e. The summed E-state index contributed by atoms with van der Waals surface area (Å²) in [7, 11) is 0. The highest BCUT2D eigenvalue weighted by Gasteiger charge is 2.14. The molecule has 0 spiro atoms. The fourth-order valence-corrected chi connectivity index (χ4v) is 2.01. The van der Waals surface area contributed by atoms with Crippen LogP contribution in [-0.2, 0) is 11.3 Å². The Hall–Kier alpha value is -2.87. The van der Waals surface area contributed by atoms with Gasteiger partial charge in [-0.25, -0.2) is 4.39 Å². The Labute approximate surface area is 121 Å². The van der Waals surface area contributed by atoms with Crippen molar-refractivity contribution in [3.05, 3.63) is 65.5 Å². The van der Waals surface area contributed by atoms with Crippen LogP contribution in [0.4, 0.5) is 10.1 Å². The molecule has 5 heteroatoms. The van der Waals surface area contributed by atoms with Gasteiger partial charge in [-0.3, -0.25) is 4.79 Å². The Kier molecular flexibility index (Phi) is 4.52. The second-order valence-electron chi connectivity index (χ2n) is 4.50. The van der Waals surface area contributed by atoms with Crippen LogP contribution in [-0.4, -0.2) is 17.6 Å². The van der Waals surface area contributed by atoms with Crippen molar-refractivity contribution in [3.63, 3.8) is 0 Å². The van der Waals surface area contributed by atoms with Crippen LogP contribution in [0.2, 0.25) is 0 Å². The van der Waals surface area contributed by atoms with Crippen molar-refractivity contribution in [3.8, 4) is 6.07 Å². The SMILES string of the molecule is N#Cc1ccc(F)c(CN(CC(=O)O)c2ccccc2)c1. The molecule has 0 aliphatic rings. The standard InChI is InChI=1S/C16H13FN2O2/c17-15-7-6-12(9-18)8-13(15)10-19(11-16(20)21)14-4-2-1-3-5-14/h1-8H,10-11H2,(H,20,21). The number of carboxylic acid groups (broad SMARTS) is 1. The third kappa shape index (κ3) is 3.80. The molecule has 0 amide bonds. The topological polar surface area (TPSA) is 64.3 Å². The first-order valence-electron chi connectivity index (χ1n) is 6.30. The van der Waals surface area contributed by atoms with Gasteiger partial charge in [-0.15, -0.1) is 0 Å². The molecule has 21 heavy (non-hydrogen) atoms. The predicted octanol–water partition coefficient (Wildman–Crippen LogP) is 2.79. The predicted molar refractivity (Wildman–Crippen MR) is 76.2 cm³/mol. The Bertz CT molecular complexity index is 680. The monoisotopic (exact) mass is 284 g/mol. The van der Waals surface area contributed by atoms with Crippen LogP contribution < -0.4 is 4.90 Å². The van der Waals surface area contributed by atoms with Gasteiger partial charge in [0.15, 0.2) is 0 Å². The molecule has 2 aromatic carbocycles. The van der Waals surface area contributed by atoms with Gasteiger partial charge in [0.05, 0.1) is 11.6 Å². The van der Waals surface area contributed by atoms with Crippen molar-refractivity contribution in [2.45, 2.75) is 6.54 Å². The van der Waals surface area contributed by atoms with E-state index in [0.717, 1.165) is 0 Å². The van der Waals surface area contributed by atoms with Crippen molar-refractivity contribution in [1.29, 1.82) is 5.26 Å². The van der Waals surface area contributed by atoms with E-state index in [1.54, 1.807) is 29.2 Å². The van der Waals surface area contributed by atoms with Gasteiger partial charge in [-0.2, -0.15) is 5.26 Å². The van der Waals surface area contributed by atoms with Gasteiger partial charge in [-0.05, 0) is 30.3 Å². The van der Waals surface area contributed by atoms with E-state index >= 15 is 0 Å². The number of rotatable bonds is 5. The molecule has 0 bridgehead atoms. The first-order chi connectivity index (χ1) is 10.1. The van der Waals surface area contributed by atoms with Gasteiger partial charge < -0.3 is 10.0 Å². The molecule has 2 aromatic rings. The molecule has 0 fully saturated rings. The summed E-state index contributed by atoms with van der Waals surface area (Å²) in [4.78, 5) is 12.5. The number of anilines is 1. The van der Waals surface area contributed by atoms with Gasteiger partial charge in [0.25, 0.3) is 0 Å². The molecule has 106 valence electrons. The summed E-state index contributed by atoms with van der Waals surface area (Å²) in [5.74, 6) is -1.46. The van der Waals surface area contributed by atoms with E-state index in [-0.39, 0.29) is 13.1 Å². The van der Waals surface area contributed by atoms with Crippen molar-refractivity contribution in [1.82, 2.24) is 0 Å². The van der Waals surface area contributed by atoms with E-state index in [4.69, 9.17) is 10.4 Å². The van der Waals surface area contributed by atoms with Crippen LogP contribution in [0.1, 0.15) is 11.1 Å². The zero-order valence-corrected chi connectivity index (χ0v) is 11.2. The van der Waals surface area contributed by atoms with Crippen LogP contribution in [0, 0.1) is 17.1 Å². The molecule has 4 nitrogen and oxygen atoms in total. The lowest BCUT2D eigenvalue weighted by molar-refractivity contribution is -0.135. The third-order valence-corrected chi connectivity index (χ3v) is 2.98. The number of benzene rings is 2. The molecule has 0 aliphatic carbocycles. The highest BCUT2D eigenvalue weighted by Crippen LogP contribution is 2.19. The van der Waals surface area contributed by atoms with Gasteiger partial charge in [-0.1, -0.05) is 18.2 Å². The molecular weight excluding hydrogens is 271 g/mol. The fraction of sp³-hybridized carbons (Fsp3) is 0.125. The molecule has 0 saturated carbocycles. The number of carboxylic acids is 1. The van der Waals surface area contributed by atoms with E-state index in [9.17, 15) is 9.18 Å². The molecule has 0 aromatic heterocycles. The Balaban J connectivity index is 2.31. The zero-order chi connectivity index (χ0) is 15.2. The van der Waals surface area contributed by atoms with Crippen molar-refractivity contribution < 1.29 is 14.3 Å². The molecule has 0 atom stereocenters. The zero-order valence-electron chi connectivity index (χ0n) is 11.2. The number of aliphatic carboxylic acids is 1. The van der Waals surface area contributed by atoms with Crippen LogP contribution in [0.15, 0.2) is 48.5 Å². The number of hydrogen-bond acceptors (Lipinski definition) is 3. The summed E-state index contributed by atoms with van der Waals surface area (Å²) < 4.78 is 13.8. The largest absolute Gasteiger partial charge is 0.480 e. The van der Waals surface area contributed by atoms with Gasteiger partial charge in [0, 0.05) is 17.8 Å². The minimum Gasteiger partial charge on any atom is -0.480 e. The van der Waals surface area contributed by atoms with Crippen molar-refractivity contribution in [2.75, 3.05) is 11.4 Å². The summed E-state index contributed by atoms with van der Waals surface area (Å²) in [5, 5.41) is 17.9. The van der Waals surface area contributed by atoms with Gasteiger partial charge in [0.1, 0.15) is 12.4 Å². The lowest BCUT2D eigenvalue weighted by Gasteiger charge is -2.23. The number of carbonyl (C=O) groups is 1. The summed E-state index contributed by atoms with van der Waals surface area (Å²) >= 11 is 0. The van der Waals surface area contributed by atoms with Crippen molar-refractivity contribution >= 4 is 11.7 Å². The van der Waals surface area contributed by atoms with E-state index in [2.05, 4.69) is 0 Å². The maximum Gasteiger partial charge on any atom is 0.323 e. The Morgan fingerprint density at radius 3 is 2.57 bits per heavy atom. The van der Waals surface area contributed by atoms with Crippen molar-refractivity contribution in [2.24, 2.45) is 0 Å². The number of para-hydroxylation sites is 1. The van der Waals surface area contributed by atoms with Crippen LogP contribution in [0.25, 0.3) is 0 Å². The Morgan fingerprint density at radius 2 is 1.95 bits per heavy atom. The molecule has 0 heterocycles. The van der Waals surface area contributed by atoms with E-state index < -0.39 is 11.8 Å². The molecule has 0 unspecified atom stereocenters. The Morgan fingerprint density at radius 1 is 1.24 bits per heavy atom. The highest BCUT2D eigenvalue weighted by atomic mass is 19.1. The van der Waals surface area contributed by atoms with Gasteiger partial charge in [0.2, 0.25) is 0 Å². The van der Waals surface area contributed by atoms with Crippen LogP contribution >= 0.6 is 0 Å². The molecular formula is C16H13FN2O2. The average Bonchev–Trinajstić information content (AvgIpc) is 2.49. The van der Waals surface area contributed by atoms with E-state index in [0.29, 0.717) is 16.8 Å². The second kappa shape index (κ2) is 6.53.